The molecule has 3 N–H and O–H groups in total. The number of aromatic hydroxyl groups is 1. The van der Waals surface area contributed by atoms with Gasteiger partial charge in [-0.2, -0.15) is 5.10 Å². The van der Waals surface area contributed by atoms with Gasteiger partial charge in [-0.05, 0) is 59.0 Å². The van der Waals surface area contributed by atoms with Crippen LogP contribution in [0.1, 0.15) is 11.4 Å². The normalized spacial score (nSPS) is 10.9. The van der Waals surface area contributed by atoms with E-state index < -0.39 is 10.8 Å². The van der Waals surface area contributed by atoms with E-state index in [0.717, 1.165) is 33.3 Å². The standard InChI is InChI=1S/C25H22IN7O5S/c1-38-21-12-20(33(36)37)11-16(24(21)35)13-28-30-23(34)15-39-25-31-29-22(32(25)19-5-3-2-4-6-19)14-27-18-9-7-17(26)8-10-18/h2-13,27,35H,14-15H2,1H3,(H,30,34). The molecule has 0 unspecified atom stereocenters. The van der Waals surface area contributed by atoms with Crippen molar-refractivity contribution in [3.63, 3.8) is 0 Å². The molecule has 0 atom stereocenters. The molecule has 39 heavy (non-hydrogen) atoms. The molecule has 0 aliphatic carbocycles. The van der Waals surface area contributed by atoms with Crippen LogP contribution in [0.4, 0.5) is 11.4 Å². The van der Waals surface area contributed by atoms with E-state index in [2.05, 4.69) is 48.6 Å². The van der Waals surface area contributed by atoms with Gasteiger partial charge in [0, 0.05) is 26.6 Å². The number of nitro groups is 1. The molecule has 4 aromatic rings. The van der Waals surface area contributed by atoms with Crippen molar-refractivity contribution in [2.45, 2.75) is 11.7 Å². The van der Waals surface area contributed by atoms with E-state index in [1.54, 1.807) is 0 Å². The highest BCUT2D eigenvalue weighted by Crippen LogP contribution is 2.33. The summed E-state index contributed by atoms with van der Waals surface area (Å²) >= 11 is 3.42. The summed E-state index contributed by atoms with van der Waals surface area (Å²) in [6.45, 7) is 0.412. The molecular weight excluding hydrogens is 637 g/mol. The number of phenolic OH excluding ortho intramolecular Hbond substituents is 1. The van der Waals surface area contributed by atoms with Gasteiger partial charge in [-0.25, -0.2) is 5.43 Å². The number of anilines is 1. The number of ether oxygens (including phenoxy) is 1. The Hall–Kier alpha value is -4.18. The van der Waals surface area contributed by atoms with Gasteiger partial charge < -0.3 is 15.2 Å². The van der Waals surface area contributed by atoms with Crippen LogP contribution in [0.3, 0.4) is 0 Å². The Morgan fingerprint density at radius 2 is 1.95 bits per heavy atom. The van der Waals surface area contributed by atoms with Crippen molar-refractivity contribution in [1.82, 2.24) is 20.2 Å². The molecular formula is C25H22IN7O5S. The van der Waals surface area contributed by atoms with Gasteiger partial charge in [0.1, 0.15) is 0 Å². The average Bonchev–Trinajstić information content (AvgIpc) is 3.35. The monoisotopic (exact) mass is 659 g/mol. The third kappa shape index (κ3) is 7.23. The van der Waals surface area contributed by atoms with E-state index in [1.165, 1.54) is 18.9 Å². The molecule has 1 amide bonds. The largest absolute Gasteiger partial charge is 0.504 e. The highest BCUT2D eigenvalue weighted by molar-refractivity contribution is 14.1. The lowest BCUT2D eigenvalue weighted by Gasteiger charge is -2.11. The summed E-state index contributed by atoms with van der Waals surface area (Å²) in [5.41, 5.74) is 3.86. The maximum atomic E-state index is 12.5. The van der Waals surface area contributed by atoms with Crippen LogP contribution >= 0.6 is 34.4 Å². The first-order valence-electron chi connectivity index (χ1n) is 11.3. The Labute approximate surface area is 240 Å². The number of aromatic nitrogens is 3. The Bertz CT molecular complexity index is 1500. The molecule has 0 saturated heterocycles. The zero-order valence-corrected chi connectivity index (χ0v) is 23.4. The number of non-ortho nitro benzene ring substituents is 1. The van der Waals surface area contributed by atoms with Crippen LogP contribution in [0.2, 0.25) is 0 Å². The number of hydrogen-bond donors (Lipinski definition) is 3. The second-order valence-corrected chi connectivity index (χ2v) is 10.0. The predicted molar refractivity (Wildman–Crippen MR) is 156 cm³/mol. The molecule has 0 aliphatic rings. The van der Waals surface area contributed by atoms with E-state index in [4.69, 9.17) is 4.74 Å². The fourth-order valence-corrected chi connectivity index (χ4v) is 4.53. The first-order valence-corrected chi connectivity index (χ1v) is 13.4. The van der Waals surface area contributed by atoms with Gasteiger partial charge in [0.05, 0.1) is 36.6 Å². The van der Waals surface area contributed by atoms with Crippen molar-refractivity contribution in [2.24, 2.45) is 5.10 Å². The SMILES string of the molecule is COc1cc([N+](=O)[O-])cc(C=NNC(=O)CSc2nnc(CNc3ccc(I)cc3)n2-c2ccccc2)c1O. The number of hydrogen-bond acceptors (Lipinski definition) is 10. The Morgan fingerprint density at radius 1 is 1.21 bits per heavy atom. The number of carbonyl (C=O) groups is 1. The fraction of sp³-hybridized carbons (Fsp3) is 0.120. The lowest BCUT2D eigenvalue weighted by Crippen LogP contribution is -2.20. The van der Waals surface area contributed by atoms with E-state index in [1.807, 2.05) is 59.2 Å². The molecule has 14 heteroatoms. The van der Waals surface area contributed by atoms with Crippen molar-refractivity contribution in [3.8, 4) is 17.2 Å². The zero-order chi connectivity index (χ0) is 27.8. The predicted octanol–water partition coefficient (Wildman–Crippen LogP) is 4.35. The summed E-state index contributed by atoms with van der Waals surface area (Å²) in [5, 5.41) is 37.6. The Balaban J connectivity index is 1.44. The van der Waals surface area contributed by atoms with E-state index in [9.17, 15) is 20.0 Å². The lowest BCUT2D eigenvalue weighted by molar-refractivity contribution is -0.385. The zero-order valence-electron chi connectivity index (χ0n) is 20.4. The number of benzene rings is 3. The van der Waals surface area contributed by atoms with Crippen LogP contribution in [0.25, 0.3) is 5.69 Å². The molecule has 0 fully saturated rings. The maximum Gasteiger partial charge on any atom is 0.274 e. The minimum absolute atomic E-state index is 0.0168. The second kappa shape index (κ2) is 13.1. The number of hydrazone groups is 1. The molecule has 1 heterocycles. The van der Waals surface area contributed by atoms with Gasteiger partial charge in [0.2, 0.25) is 0 Å². The highest BCUT2D eigenvalue weighted by Gasteiger charge is 2.17. The van der Waals surface area contributed by atoms with E-state index in [-0.39, 0.29) is 28.5 Å². The first-order chi connectivity index (χ1) is 18.9. The summed E-state index contributed by atoms with van der Waals surface area (Å²) in [4.78, 5) is 23.0. The number of rotatable bonds is 11. The summed E-state index contributed by atoms with van der Waals surface area (Å²) in [6, 6.07) is 19.7. The summed E-state index contributed by atoms with van der Waals surface area (Å²) in [7, 11) is 1.27. The number of nitro benzene ring substituents is 1. The summed E-state index contributed by atoms with van der Waals surface area (Å²) < 4.78 is 7.96. The quantitative estimate of drug-likeness (QED) is 0.0701. The number of halogens is 1. The molecule has 0 aliphatic heterocycles. The molecule has 4 rings (SSSR count). The first kappa shape index (κ1) is 27.8. The smallest absolute Gasteiger partial charge is 0.274 e. The number of nitrogens with one attached hydrogen (secondary N) is 2. The molecule has 0 bridgehead atoms. The van der Waals surface area contributed by atoms with E-state index >= 15 is 0 Å². The third-order valence-corrected chi connectivity index (χ3v) is 6.90. The topological polar surface area (TPSA) is 157 Å². The second-order valence-electron chi connectivity index (χ2n) is 7.86. The fourth-order valence-electron chi connectivity index (χ4n) is 3.40. The number of methoxy groups -OCH3 is 1. The van der Waals surface area contributed by atoms with Crippen molar-refractivity contribution in [1.29, 1.82) is 0 Å². The number of thioether (sulfide) groups is 1. The van der Waals surface area contributed by atoms with Crippen molar-refractivity contribution in [3.05, 3.63) is 91.8 Å². The van der Waals surface area contributed by atoms with Crippen LogP contribution in [0.5, 0.6) is 11.5 Å². The third-order valence-electron chi connectivity index (χ3n) is 5.25. The van der Waals surface area contributed by atoms with Gasteiger partial charge in [-0.15, -0.1) is 10.2 Å². The summed E-state index contributed by atoms with van der Waals surface area (Å²) in [5.74, 6) is -0.236. The molecule has 12 nitrogen and oxygen atoms in total. The Kier molecular flexibility index (Phi) is 9.32. The van der Waals surface area contributed by atoms with Crippen LogP contribution in [-0.4, -0.2) is 49.8 Å². The molecule has 3 aromatic carbocycles. The number of amides is 1. The number of para-hydroxylation sites is 1. The summed E-state index contributed by atoms with van der Waals surface area (Å²) in [6.07, 6.45) is 1.11. The van der Waals surface area contributed by atoms with Crippen LogP contribution in [0.15, 0.2) is 77.0 Å². The lowest BCUT2D eigenvalue weighted by atomic mass is 10.2. The average molecular weight is 659 g/mol. The molecule has 200 valence electrons. The van der Waals surface area contributed by atoms with Gasteiger partial charge >= 0.3 is 0 Å². The van der Waals surface area contributed by atoms with Gasteiger partial charge in [0.25, 0.3) is 11.6 Å². The van der Waals surface area contributed by atoms with Crippen molar-refractivity contribution < 1.29 is 19.6 Å². The molecule has 0 spiro atoms. The molecule has 0 saturated carbocycles. The molecule has 0 radical (unpaired) electrons. The van der Waals surface area contributed by atoms with Gasteiger partial charge in [0.15, 0.2) is 22.5 Å². The highest BCUT2D eigenvalue weighted by atomic mass is 127. The number of nitrogens with zero attached hydrogens (tertiary/aromatic N) is 5. The van der Waals surface area contributed by atoms with Crippen LogP contribution in [0, 0.1) is 13.7 Å². The molecule has 1 aromatic heterocycles. The number of phenols is 1. The minimum Gasteiger partial charge on any atom is -0.504 e. The maximum absolute atomic E-state index is 12.5. The Morgan fingerprint density at radius 3 is 2.64 bits per heavy atom. The van der Waals surface area contributed by atoms with Crippen molar-refractivity contribution >= 4 is 57.8 Å². The van der Waals surface area contributed by atoms with E-state index in [0.29, 0.717) is 17.5 Å². The van der Waals surface area contributed by atoms with Gasteiger partial charge in [-0.3, -0.25) is 19.5 Å². The van der Waals surface area contributed by atoms with Crippen LogP contribution < -0.4 is 15.5 Å². The minimum atomic E-state index is -0.623. The number of carbonyl (C=O) groups excluding carboxylic acids is 1. The van der Waals surface area contributed by atoms with Crippen molar-refractivity contribution in [2.75, 3.05) is 18.2 Å². The van der Waals surface area contributed by atoms with Crippen LogP contribution in [-0.2, 0) is 11.3 Å². The van der Waals surface area contributed by atoms with Gasteiger partial charge in [-0.1, -0.05) is 30.0 Å².